The number of aromatic nitrogens is 3. The highest BCUT2D eigenvalue weighted by molar-refractivity contribution is 6.30. The summed E-state index contributed by atoms with van der Waals surface area (Å²) in [6.45, 7) is 1.41. The molecule has 1 aliphatic rings. The number of H-pyrrole nitrogens is 1. The molecule has 0 spiro atoms. The third-order valence-electron chi connectivity index (χ3n) is 5.14. The van der Waals surface area contributed by atoms with E-state index in [2.05, 4.69) is 15.1 Å². The van der Waals surface area contributed by atoms with E-state index < -0.39 is 30.1 Å². The molecule has 5 atom stereocenters. The number of fused-ring (bicyclic) bond motifs is 1. The average Bonchev–Trinajstić information content (AvgIpc) is 3.21. The van der Waals surface area contributed by atoms with Crippen molar-refractivity contribution in [3.8, 4) is 0 Å². The Hall–Kier alpha value is -2.14. The number of rotatable bonds is 3. The standard InChI is InChI=1S/C18H19ClN4O5.ClH/c1-18(26)13(25)17(23-7-6-11-15(22-27)20-8-21-16(11)23)28-14(18)12(24)9-2-4-10(19)5-3-9;/h2-8,12-14,17,24-27H,1H3,(H,20,21,22);1H/t12?,13-,14+,17+,18-;/m0./s1. The van der Waals surface area contributed by atoms with Crippen molar-refractivity contribution in [2.24, 2.45) is 5.16 Å². The van der Waals surface area contributed by atoms with Crippen molar-refractivity contribution in [2.75, 3.05) is 0 Å². The number of aromatic amines is 1. The molecule has 0 amide bonds. The molecule has 4 rings (SSSR count). The Kier molecular flexibility index (Phi) is 5.91. The van der Waals surface area contributed by atoms with Crippen molar-refractivity contribution >= 4 is 35.0 Å². The summed E-state index contributed by atoms with van der Waals surface area (Å²) in [4.78, 5) is 6.83. The maximum absolute atomic E-state index is 10.9. The van der Waals surface area contributed by atoms with Crippen LogP contribution in [-0.4, -0.2) is 52.9 Å². The van der Waals surface area contributed by atoms with E-state index in [9.17, 15) is 15.3 Å². The van der Waals surface area contributed by atoms with Crippen LogP contribution < -0.4 is 5.49 Å². The molecule has 2 aromatic heterocycles. The summed E-state index contributed by atoms with van der Waals surface area (Å²) < 4.78 is 7.46. The van der Waals surface area contributed by atoms with Crippen molar-refractivity contribution in [2.45, 2.75) is 37.1 Å². The zero-order valence-corrected chi connectivity index (χ0v) is 16.7. The third-order valence-corrected chi connectivity index (χ3v) is 5.39. The molecule has 0 bridgehead atoms. The zero-order valence-electron chi connectivity index (χ0n) is 15.2. The minimum Gasteiger partial charge on any atom is -0.409 e. The maximum Gasteiger partial charge on any atom is 0.203 e. The number of nitrogens with one attached hydrogen (secondary N) is 1. The fraction of sp³-hybridized carbons (Fsp3) is 0.333. The van der Waals surface area contributed by atoms with E-state index in [-0.39, 0.29) is 17.9 Å². The van der Waals surface area contributed by atoms with Crippen molar-refractivity contribution in [1.29, 1.82) is 0 Å². The van der Waals surface area contributed by atoms with E-state index in [1.807, 2.05) is 0 Å². The van der Waals surface area contributed by atoms with E-state index in [1.165, 1.54) is 13.3 Å². The van der Waals surface area contributed by atoms with Crippen LogP contribution in [0.1, 0.15) is 24.8 Å². The quantitative estimate of drug-likeness (QED) is 0.307. The largest absolute Gasteiger partial charge is 0.409 e. The van der Waals surface area contributed by atoms with Gasteiger partial charge in [-0.1, -0.05) is 28.9 Å². The van der Waals surface area contributed by atoms with Crippen molar-refractivity contribution < 1.29 is 25.3 Å². The lowest BCUT2D eigenvalue weighted by Gasteiger charge is -2.29. The van der Waals surface area contributed by atoms with Crippen LogP contribution in [0.4, 0.5) is 0 Å². The van der Waals surface area contributed by atoms with Crippen LogP contribution >= 0.6 is 24.0 Å². The van der Waals surface area contributed by atoms with Crippen LogP contribution in [0, 0.1) is 0 Å². The maximum atomic E-state index is 10.9. The highest BCUT2D eigenvalue weighted by atomic mass is 35.5. The molecule has 0 radical (unpaired) electrons. The Morgan fingerprint density at radius 2 is 2.00 bits per heavy atom. The smallest absolute Gasteiger partial charge is 0.203 e. The monoisotopic (exact) mass is 442 g/mol. The van der Waals surface area contributed by atoms with Crippen LogP contribution in [0.25, 0.3) is 11.0 Å². The summed E-state index contributed by atoms with van der Waals surface area (Å²) >= 11 is 5.89. The fourth-order valence-corrected chi connectivity index (χ4v) is 3.69. The van der Waals surface area contributed by atoms with Crippen LogP contribution in [-0.2, 0) is 4.74 Å². The predicted molar refractivity (Wildman–Crippen MR) is 106 cm³/mol. The van der Waals surface area contributed by atoms with Crippen LogP contribution in [0.5, 0.6) is 0 Å². The lowest BCUT2D eigenvalue weighted by molar-refractivity contribution is -0.115. The van der Waals surface area contributed by atoms with Gasteiger partial charge in [0.2, 0.25) is 5.49 Å². The van der Waals surface area contributed by atoms with Crippen LogP contribution in [0.2, 0.25) is 5.02 Å². The van der Waals surface area contributed by atoms with Gasteiger partial charge >= 0.3 is 0 Å². The molecule has 9 nitrogen and oxygen atoms in total. The summed E-state index contributed by atoms with van der Waals surface area (Å²) in [5.41, 5.74) is -0.664. The van der Waals surface area contributed by atoms with Gasteiger partial charge in [-0.2, -0.15) is 0 Å². The van der Waals surface area contributed by atoms with Gasteiger partial charge in [0.05, 0.1) is 11.7 Å². The molecule has 3 heterocycles. The lowest BCUT2D eigenvalue weighted by Crippen LogP contribution is -2.47. The number of hydrogen-bond donors (Lipinski definition) is 5. The molecule has 1 unspecified atom stereocenters. The number of aliphatic hydroxyl groups excluding tert-OH is 2. The second-order valence-electron chi connectivity index (χ2n) is 6.93. The van der Waals surface area contributed by atoms with E-state index in [1.54, 1.807) is 41.1 Å². The van der Waals surface area contributed by atoms with E-state index >= 15 is 0 Å². The molecular weight excluding hydrogens is 423 g/mol. The minimum absolute atomic E-state index is 0. The Morgan fingerprint density at radius 3 is 2.66 bits per heavy atom. The zero-order chi connectivity index (χ0) is 20.1. The summed E-state index contributed by atoms with van der Waals surface area (Å²) in [5.74, 6) is 0. The molecule has 11 heteroatoms. The number of benzene rings is 1. The van der Waals surface area contributed by atoms with Gasteiger partial charge in [0, 0.05) is 11.2 Å². The number of ether oxygens (including phenoxy) is 1. The van der Waals surface area contributed by atoms with E-state index in [0.717, 1.165) is 0 Å². The molecule has 1 aliphatic heterocycles. The van der Waals surface area contributed by atoms with Gasteiger partial charge in [-0.25, -0.2) is 4.98 Å². The molecule has 5 N–H and O–H groups in total. The molecule has 1 fully saturated rings. The topological polar surface area (TPSA) is 136 Å². The summed E-state index contributed by atoms with van der Waals surface area (Å²) in [7, 11) is 0. The van der Waals surface area contributed by atoms with Crippen molar-refractivity contribution in [3.63, 3.8) is 0 Å². The molecular formula is C18H20Cl2N4O5. The van der Waals surface area contributed by atoms with Gasteiger partial charge in [0.15, 0.2) is 6.23 Å². The molecule has 0 saturated carbocycles. The molecule has 0 aliphatic carbocycles. The molecule has 1 aromatic carbocycles. The van der Waals surface area contributed by atoms with Crippen LogP contribution in [0.3, 0.4) is 0 Å². The SMILES string of the molecule is C[C@@]1(O)[C@@H](C(O)c2ccc(Cl)cc2)O[C@@H](n2ccc3/c(=N/O)nc[nH]c32)[C@@H]1O.Cl. The molecule has 29 heavy (non-hydrogen) atoms. The van der Waals surface area contributed by atoms with Gasteiger partial charge < -0.3 is 34.8 Å². The van der Waals surface area contributed by atoms with Gasteiger partial charge in [-0.15, -0.1) is 12.4 Å². The second kappa shape index (κ2) is 7.94. The fourth-order valence-electron chi connectivity index (χ4n) is 3.56. The first-order valence-corrected chi connectivity index (χ1v) is 8.94. The van der Waals surface area contributed by atoms with E-state index in [4.69, 9.17) is 21.5 Å². The van der Waals surface area contributed by atoms with Crippen LogP contribution in [0.15, 0.2) is 48.0 Å². The average molecular weight is 443 g/mol. The Labute approximate surface area is 176 Å². The molecule has 3 aromatic rings. The first-order chi connectivity index (χ1) is 13.3. The first kappa shape index (κ1) is 21.6. The number of nitrogens with zero attached hydrogens (tertiary/aromatic N) is 3. The van der Waals surface area contributed by atoms with Gasteiger partial charge in [0.25, 0.3) is 0 Å². The predicted octanol–water partition coefficient (Wildman–Crippen LogP) is 1.47. The first-order valence-electron chi connectivity index (χ1n) is 8.56. The van der Waals surface area contributed by atoms with Gasteiger partial charge in [-0.05, 0) is 30.7 Å². The lowest BCUT2D eigenvalue weighted by atomic mass is 9.88. The highest BCUT2D eigenvalue weighted by Gasteiger charge is 2.55. The second-order valence-corrected chi connectivity index (χ2v) is 7.36. The van der Waals surface area contributed by atoms with Gasteiger partial charge in [0.1, 0.15) is 29.6 Å². The van der Waals surface area contributed by atoms with Gasteiger partial charge in [-0.3, -0.25) is 0 Å². The van der Waals surface area contributed by atoms with Crippen molar-refractivity contribution in [3.05, 3.63) is 58.9 Å². The summed E-state index contributed by atoms with van der Waals surface area (Å²) in [5, 5.41) is 45.6. The summed E-state index contributed by atoms with van der Waals surface area (Å²) in [6, 6.07) is 8.15. The van der Waals surface area contributed by atoms with E-state index in [0.29, 0.717) is 21.6 Å². The number of aliphatic hydroxyl groups is 3. The molecule has 156 valence electrons. The third kappa shape index (κ3) is 3.50. The Balaban J connectivity index is 0.00000240. The normalized spacial score (nSPS) is 28.4. The highest BCUT2D eigenvalue weighted by Crippen LogP contribution is 2.43. The summed E-state index contributed by atoms with van der Waals surface area (Å²) in [6.07, 6.45) is -1.68. The Bertz CT molecular complexity index is 1070. The number of hydrogen-bond acceptors (Lipinski definition) is 7. The molecule has 1 saturated heterocycles. The number of halogens is 2. The minimum atomic E-state index is -1.74. The van der Waals surface area contributed by atoms with Crippen molar-refractivity contribution in [1.82, 2.24) is 14.5 Å². The Morgan fingerprint density at radius 1 is 1.31 bits per heavy atom.